The molecule has 2 N–H and O–H groups in total. The molecule has 0 radical (unpaired) electrons. The summed E-state index contributed by atoms with van der Waals surface area (Å²) in [5, 5.41) is 21.5. The summed E-state index contributed by atoms with van der Waals surface area (Å²) in [6.07, 6.45) is 1.37. The van der Waals surface area contributed by atoms with Gasteiger partial charge in [0.05, 0.1) is 18.2 Å². The fraction of sp³-hybridized carbons (Fsp3) is 0.417. The fourth-order valence-electron chi connectivity index (χ4n) is 4.07. The summed E-state index contributed by atoms with van der Waals surface area (Å²) in [6.45, 7) is 5.81. The van der Waals surface area contributed by atoms with Gasteiger partial charge in [-0.15, -0.1) is 11.3 Å². The van der Waals surface area contributed by atoms with E-state index in [4.69, 9.17) is 4.74 Å². The first-order chi connectivity index (χ1) is 16.2. The molecule has 2 aliphatic heterocycles. The van der Waals surface area contributed by atoms with Crippen molar-refractivity contribution in [1.82, 2.24) is 10.3 Å². The number of halogens is 1. The molecule has 10 heteroatoms. The molecule has 180 valence electrons. The molecule has 34 heavy (non-hydrogen) atoms. The number of ether oxygens (including phenoxy) is 1. The van der Waals surface area contributed by atoms with Crippen LogP contribution >= 0.6 is 11.3 Å². The van der Waals surface area contributed by atoms with Crippen molar-refractivity contribution in [1.29, 1.82) is 0 Å². The monoisotopic (exact) mass is 486 g/mol. The van der Waals surface area contributed by atoms with Crippen molar-refractivity contribution in [3.8, 4) is 5.75 Å². The Morgan fingerprint density at radius 2 is 2.12 bits per heavy atom. The second-order valence-electron chi connectivity index (χ2n) is 8.61. The van der Waals surface area contributed by atoms with E-state index in [-0.39, 0.29) is 18.7 Å². The van der Waals surface area contributed by atoms with E-state index in [1.807, 2.05) is 6.92 Å². The Bertz CT molecular complexity index is 1180. The van der Waals surface area contributed by atoms with Crippen molar-refractivity contribution >= 4 is 28.7 Å². The number of aliphatic hydroxyl groups excluding tert-OH is 1. The lowest BCUT2D eigenvalue weighted by Crippen LogP contribution is -2.50. The third kappa shape index (κ3) is 4.60. The zero-order valence-corrected chi connectivity index (χ0v) is 20.1. The smallest absolute Gasteiger partial charge is 0.272 e. The van der Waals surface area contributed by atoms with E-state index in [2.05, 4.69) is 15.7 Å². The number of hydrogen-bond acceptors (Lipinski definition) is 7. The third-order valence-electron chi connectivity index (χ3n) is 5.86. The Morgan fingerprint density at radius 3 is 2.74 bits per heavy atom. The van der Waals surface area contributed by atoms with Crippen LogP contribution in [0, 0.1) is 5.82 Å². The Hall–Kier alpha value is -3.11. The van der Waals surface area contributed by atoms with Gasteiger partial charge in [0.1, 0.15) is 23.8 Å². The summed E-state index contributed by atoms with van der Waals surface area (Å²) in [7, 11) is 0. The highest BCUT2D eigenvalue weighted by Crippen LogP contribution is 2.43. The van der Waals surface area contributed by atoms with Crippen LogP contribution in [0.4, 0.5) is 4.39 Å². The summed E-state index contributed by atoms with van der Waals surface area (Å²) < 4.78 is 20.8. The number of hydrogen-bond donors (Lipinski definition) is 2. The van der Waals surface area contributed by atoms with E-state index in [0.717, 1.165) is 17.9 Å². The van der Waals surface area contributed by atoms with Crippen molar-refractivity contribution < 1.29 is 23.8 Å². The number of amides is 2. The maximum absolute atomic E-state index is 15.2. The lowest BCUT2D eigenvalue weighted by atomic mass is 9.81. The minimum atomic E-state index is -1.09. The topological polar surface area (TPSA) is 104 Å². The number of nitrogens with zero attached hydrogens (tertiary/aromatic N) is 3. The average molecular weight is 487 g/mol. The molecule has 0 spiro atoms. The standard InChI is InChI=1S/C24H27FN4O4S/c1-4-5-10-33-15-6-7-17(18(25)11-15)24(3)12-16(20-9-8-19(34-20)14(2)30)22(23(32)27-24)29-21(31)13-26-28-29/h6-9,11,14,30H,4-5,10,12-13H2,1-3H3,(H,27,32)/t14?,24-/m0/s1. The van der Waals surface area contributed by atoms with E-state index in [1.165, 1.54) is 17.4 Å². The SMILES string of the molecule is CCCCOc1ccc([C@]2(C)CC(c3ccc(C(C)O)s3)=C(N3N=NCC3=O)C(=O)N2)c(F)c1. The number of benzene rings is 1. The quantitative estimate of drug-likeness (QED) is 0.537. The van der Waals surface area contributed by atoms with Gasteiger partial charge in [0.15, 0.2) is 0 Å². The molecule has 1 aromatic carbocycles. The number of carbonyl (C=O) groups is 2. The zero-order chi connectivity index (χ0) is 24.5. The molecule has 4 rings (SSSR count). The largest absolute Gasteiger partial charge is 0.493 e. The molecule has 2 atom stereocenters. The predicted octanol–water partition coefficient (Wildman–Crippen LogP) is 4.48. The molecule has 3 heterocycles. The number of thiophene rings is 1. The van der Waals surface area contributed by atoms with Crippen LogP contribution in [-0.4, -0.2) is 35.1 Å². The molecule has 1 unspecified atom stereocenters. The van der Waals surface area contributed by atoms with Crippen LogP contribution in [0.1, 0.15) is 61.5 Å². The van der Waals surface area contributed by atoms with Crippen molar-refractivity contribution in [3.05, 3.63) is 57.2 Å². The van der Waals surface area contributed by atoms with Gasteiger partial charge in [-0.2, -0.15) is 10.1 Å². The molecule has 2 amide bonds. The van der Waals surface area contributed by atoms with Gasteiger partial charge in [-0.1, -0.05) is 24.6 Å². The van der Waals surface area contributed by atoms with E-state index in [0.29, 0.717) is 33.2 Å². The van der Waals surface area contributed by atoms with Crippen LogP contribution in [0.25, 0.3) is 5.57 Å². The second-order valence-corrected chi connectivity index (χ2v) is 9.72. The lowest BCUT2D eigenvalue weighted by molar-refractivity contribution is -0.130. The van der Waals surface area contributed by atoms with Gasteiger partial charge in [0.25, 0.3) is 11.8 Å². The lowest BCUT2D eigenvalue weighted by Gasteiger charge is -2.38. The van der Waals surface area contributed by atoms with Crippen LogP contribution in [0.5, 0.6) is 5.75 Å². The summed E-state index contributed by atoms with van der Waals surface area (Å²) in [5.41, 5.74) is -0.166. The van der Waals surface area contributed by atoms with Crippen molar-refractivity contribution in [2.75, 3.05) is 13.2 Å². The zero-order valence-electron chi connectivity index (χ0n) is 19.3. The van der Waals surface area contributed by atoms with Crippen LogP contribution in [0.3, 0.4) is 0 Å². The average Bonchev–Trinajstić information content (AvgIpc) is 3.43. The summed E-state index contributed by atoms with van der Waals surface area (Å²) in [5.74, 6) is -1.03. The van der Waals surface area contributed by atoms with Crippen LogP contribution < -0.4 is 10.1 Å². The van der Waals surface area contributed by atoms with Gasteiger partial charge in [-0.05, 0) is 38.5 Å². The van der Waals surface area contributed by atoms with Gasteiger partial charge in [0.2, 0.25) is 0 Å². The fourth-order valence-corrected chi connectivity index (χ4v) is 5.06. The molecule has 0 bridgehead atoms. The third-order valence-corrected chi connectivity index (χ3v) is 7.18. The first kappa shape index (κ1) is 24.0. The van der Waals surface area contributed by atoms with Crippen molar-refractivity contribution in [2.45, 2.75) is 51.7 Å². The Balaban J connectivity index is 1.74. The number of unbranched alkanes of at least 4 members (excludes halogenated alkanes) is 1. The number of rotatable bonds is 8. The van der Waals surface area contributed by atoms with Crippen molar-refractivity contribution in [3.63, 3.8) is 0 Å². The highest BCUT2D eigenvalue weighted by Gasteiger charge is 2.43. The Morgan fingerprint density at radius 1 is 1.32 bits per heavy atom. The summed E-state index contributed by atoms with van der Waals surface area (Å²) in [4.78, 5) is 27.1. The minimum absolute atomic E-state index is 0.0719. The van der Waals surface area contributed by atoms with Gasteiger partial charge < -0.3 is 15.2 Å². The summed E-state index contributed by atoms with van der Waals surface area (Å²) >= 11 is 1.32. The molecule has 2 aliphatic rings. The van der Waals surface area contributed by atoms with Gasteiger partial charge in [0, 0.05) is 33.4 Å². The summed E-state index contributed by atoms with van der Waals surface area (Å²) in [6, 6.07) is 8.21. The molecular weight excluding hydrogens is 459 g/mol. The van der Waals surface area contributed by atoms with Crippen LogP contribution in [-0.2, 0) is 15.1 Å². The van der Waals surface area contributed by atoms with Gasteiger partial charge in [-0.25, -0.2) is 4.39 Å². The first-order valence-electron chi connectivity index (χ1n) is 11.2. The Labute approximate surface area is 201 Å². The number of aliphatic hydroxyl groups is 1. The van der Waals surface area contributed by atoms with E-state index < -0.39 is 29.3 Å². The minimum Gasteiger partial charge on any atom is -0.493 e. The van der Waals surface area contributed by atoms with Gasteiger partial charge in [-0.3, -0.25) is 9.59 Å². The van der Waals surface area contributed by atoms with E-state index >= 15 is 4.39 Å². The molecule has 8 nitrogen and oxygen atoms in total. The number of nitrogens with one attached hydrogen (secondary N) is 1. The molecule has 0 aliphatic carbocycles. The highest BCUT2D eigenvalue weighted by molar-refractivity contribution is 7.13. The highest BCUT2D eigenvalue weighted by atomic mass is 32.1. The molecule has 1 aromatic heterocycles. The normalized spacial score (nSPS) is 21.3. The van der Waals surface area contributed by atoms with E-state index in [1.54, 1.807) is 38.1 Å². The van der Waals surface area contributed by atoms with Crippen LogP contribution in [0.15, 0.2) is 46.4 Å². The molecule has 0 fully saturated rings. The van der Waals surface area contributed by atoms with Gasteiger partial charge >= 0.3 is 0 Å². The predicted molar refractivity (Wildman–Crippen MR) is 125 cm³/mol. The maximum Gasteiger partial charge on any atom is 0.272 e. The maximum atomic E-state index is 15.2. The van der Waals surface area contributed by atoms with Crippen molar-refractivity contribution in [2.24, 2.45) is 10.3 Å². The first-order valence-corrected chi connectivity index (χ1v) is 12.0. The molecule has 2 aromatic rings. The molecule has 0 saturated carbocycles. The number of carbonyl (C=O) groups excluding carboxylic acids is 2. The Kier molecular flexibility index (Phi) is 6.81. The van der Waals surface area contributed by atoms with Crippen LogP contribution in [0.2, 0.25) is 0 Å². The molecule has 0 saturated heterocycles. The van der Waals surface area contributed by atoms with E-state index in [9.17, 15) is 14.7 Å². The molecular formula is C24H27FN4O4S. The second kappa shape index (κ2) is 9.63.